The van der Waals surface area contributed by atoms with Crippen LogP contribution < -0.4 is 9.47 Å². The molecule has 7 heteroatoms. The molecule has 22 heavy (non-hydrogen) atoms. The van der Waals surface area contributed by atoms with Gasteiger partial charge in [-0.2, -0.15) is 0 Å². The maximum atomic E-state index is 11.6. The molecule has 3 aromatic rings. The lowest BCUT2D eigenvalue weighted by Gasteiger charge is -2.07. The maximum absolute atomic E-state index is 11.6. The van der Waals surface area contributed by atoms with Gasteiger partial charge in [0.2, 0.25) is 5.78 Å². The van der Waals surface area contributed by atoms with Gasteiger partial charge in [0, 0.05) is 33.7 Å². The number of nitrogens with zero attached hydrogens (tertiary/aromatic N) is 3. The number of aromatic nitrogens is 3. The van der Waals surface area contributed by atoms with Gasteiger partial charge in [0.1, 0.15) is 5.75 Å². The average Bonchev–Trinajstić information content (AvgIpc) is 2.96. The first-order chi connectivity index (χ1) is 10.6. The summed E-state index contributed by atoms with van der Waals surface area (Å²) in [6, 6.07) is 5.43. The molecule has 1 atom stereocenters. The molecule has 0 N–H and O–H groups in total. The van der Waals surface area contributed by atoms with Crippen LogP contribution >= 0.6 is 0 Å². The number of hydrogen-bond donors (Lipinski definition) is 0. The van der Waals surface area contributed by atoms with Crippen LogP contribution in [-0.2, 0) is 10.8 Å². The summed E-state index contributed by atoms with van der Waals surface area (Å²) in [5.74, 6) is 1.85. The van der Waals surface area contributed by atoms with E-state index in [0.29, 0.717) is 22.2 Å². The van der Waals surface area contributed by atoms with E-state index in [0.717, 1.165) is 11.3 Å². The van der Waals surface area contributed by atoms with Crippen LogP contribution in [0.2, 0.25) is 0 Å². The minimum Gasteiger partial charge on any atom is -0.496 e. The highest BCUT2D eigenvalue weighted by molar-refractivity contribution is 7.84. The maximum Gasteiger partial charge on any atom is 0.234 e. The van der Waals surface area contributed by atoms with Crippen molar-refractivity contribution in [3.63, 3.8) is 0 Å². The summed E-state index contributed by atoms with van der Waals surface area (Å²) in [6.45, 7) is 0. The smallest absolute Gasteiger partial charge is 0.234 e. The van der Waals surface area contributed by atoms with Crippen LogP contribution in [0.4, 0.5) is 0 Å². The van der Waals surface area contributed by atoms with Gasteiger partial charge >= 0.3 is 0 Å². The first kappa shape index (κ1) is 14.5. The highest BCUT2D eigenvalue weighted by Crippen LogP contribution is 2.31. The second-order valence-electron chi connectivity index (χ2n) is 4.64. The first-order valence-corrected chi connectivity index (χ1v) is 8.08. The van der Waals surface area contributed by atoms with Gasteiger partial charge in [-0.25, -0.2) is 9.97 Å². The Morgan fingerprint density at radius 1 is 1.18 bits per heavy atom. The molecular weight excluding hydrogens is 302 g/mol. The monoisotopic (exact) mass is 317 g/mol. The Morgan fingerprint density at radius 3 is 2.68 bits per heavy atom. The van der Waals surface area contributed by atoms with Gasteiger partial charge in [0.25, 0.3) is 0 Å². The minimum absolute atomic E-state index is 0.570. The summed E-state index contributed by atoms with van der Waals surface area (Å²) >= 11 is 0. The zero-order valence-corrected chi connectivity index (χ0v) is 13.3. The highest BCUT2D eigenvalue weighted by Gasteiger charge is 2.13. The van der Waals surface area contributed by atoms with Gasteiger partial charge < -0.3 is 9.47 Å². The Morgan fingerprint density at radius 2 is 2.00 bits per heavy atom. The van der Waals surface area contributed by atoms with Crippen molar-refractivity contribution in [2.45, 2.75) is 4.90 Å². The third-order valence-corrected chi connectivity index (χ3v) is 4.22. The Balaban J connectivity index is 2.12. The molecule has 2 aromatic heterocycles. The van der Waals surface area contributed by atoms with Crippen LogP contribution in [0, 0.1) is 0 Å². The number of imidazole rings is 1. The largest absolute Gasteiger partial charge is 0.496 e. The van der Waals surface area contributed by atoms with Crippen molar-refractivity contribution < 1.29 is 13.7 Å². The lowest BCUT2D eigenvalue weighted by Crippen LogP contribution is -1.92. The van der Waals surface area contributed by atoms with Crippen LogP contribution in [0.3, 0.4) is 0 Å². The summed E-state index contributed by atoms with van der Waals surface area (Å²) in [7, 11) is 2.11. The van der Waals surface area contributed by atoms with E-state index in [1.54, 1.807) is 43.3 Å². The highest BCUT2D eigenvalue weighted by atomic mass is 32.2. The van der Waals surface area contributed by atoms with Crippen LogP contribution in [0.25, 0.3) is 17.0 Å². The number of fused-ring (bicyclic) bond motifs is 1. The zero-order valence-electron chi connectivity index (χ0n) is 12.4. The summed E-state index contributed by atoms with van der Waals surface area (Å²) in [6.07, 6.45) is 6.91. The van der Waals surface area contributed by atoms with E-state index in [9.17, 15) is 4.21 Å². The summed E-state index contributed by atoms with van der Waals surface area (Å²) in [4.78, 5) is 9.43. The Kier molecular flexibility index (Phi) is 3.81. The van der Waals surface area contributed by atoms with Crippen molar-refractivity contribution in [2.75, 3.05) is 20.5 Å². The lowest BCUT2D eigenvalue weighted by atomic mass is 10.1. The summed E-state index contributed by atoms with van der Waals surface area (Å²) in [5, 5.41) is 0. The van der Waals surface area contributed by atoms with E-state index < -0.39 is 10.8 Å². The van der Waals surface area contributed by atoms with Crippen molar-refractivity contribution in [1.29, 1.82) is 0 Å². The molecule has 0 saturated carbocycles. The average molecular weight is 317 g/mol. The molecule has 6 nitrogen and oxygen atoms in total. The molecule has 2 heterocycles. The summed E-state index contributed by atoms with van der Waals surface area (Å²) < 4.78 is 23.9. The first-order valence-electron chi connectivity index (χ1n) is 6.53. The van der Waals surface area contributed by atoms with E-state index in [-0.39, 0.29) is 0 Å². The second-order valence-corrected chi connectivity index (χ2v) is 6.02. The molecule has 0 fully saturated rings. The molecule has 114 valence electrons. The van der Waals surface area contributed by atoms with Crippen LogP contribution in [0.1, 0.15) is 0 Å². The van der Waals surface area contributed by atoms with E-state index in [4.69, 9.17) is 9.47 Å². The molecular formula is C15H15N3O3S. The van der Waals surface area contributed by atoms with Crippen molar-refractivity contribution in [2.24, 2.45) is 0 Å². The third kappa shape index (κ3) is 2.55. The second kappa shape index (κ2) is 5.76. The van der Waals surface area contributed by atoms with Crippen molar-refractivity contribution in [3.05, 3.63) is 36.8 Å². The standard InChI is InChI=1S/C15H15N3O3S/c1-20-10-7-16-15-17-13(9-18(15)8-10)12-5-4-11(22(3)19)6-14(12)21-2/h4-9H,1-3H3. The quantitative estimate of drug-likeness (QED) is 0.737. The molecule has 0 bridgehead atoms. The minimum atomic E-state index is -1.06. The topological polar surface area (TPSA) is 65.7 Å². The van der Waals surface area contributed by atoms with Crippen LogP contribution in [0.5, 0.6) is 11.5 Å². The number of ether oxygens (including phenoxy) is 2. The van der Waals surface area contributed by atoms with Gasteiger partial charge in [-0.3, -0.25) is 8.61 Å². The molecule has 0 amide bonds. The number of methoxy groups -OCH3 is 2. The van der Waals surface area contributed by atoms with Gasteiger partial charge in [0.15, 0.2) is 5.75 Å². The SMILES string of the molecule is COc1cnc2nc(-c3ccc(S(C)=O)cc3OC)cn2c1. The Hall–Kier alpha value is -2.41. The van der Waals surface area contributed by atoms with E-state index in [1.807, 2.05) is 18.3 Å². The van der Waals surface area contributed by atoms with Crippen LogP contribution in [-0.4, -0.2) is 39.1 Å². The number of rotatable bonds is 4. The fourth-order valence-corrected chi connectivity index (χ4v) is 2.70. The van der Waals surface area contributed by atoms with Gasteiger partial charge in [-0.05, 0) is 18.2 Å². The van der Waals surface area contributed by atoms with Crippen LogP contribution in [0.15, 0.2) is 41.7 Å². The normalized spacial score (nSPS) is 12.3. The molecule has 1 aromatic carbocycles. The van der Waals surface area contributed by atoms with Gasteiger partial charge in [0.05, 0.1) is 32.3 Å². The van der Waals surface area contributed by atoms with Crippen molar-refractivity contribution in [3.8, 4) is 22.8 Å². The molecule has 0 spiro atoms. The van der Waals surface area contributed by atoms with Crippen molar-refractivity contribution in [1.82, 2.24) is 14.4 Å². The van der Waals surface area contributed by atoms with E-state index in [1.165, 1.54) is 0 Å². The fourth-order valence-electron chi connectivity index (χ4n) is 2.16. The van der Waals surface area contributed by atoms with E-state index in [2.05, 4.69) is 9.97 Å². The molecule has 0 radical (unpaired) electrons. The predicted molar refractivity (Wildman–Crippen MR) is 83.9 cm³/mol. The molecule has 0 saturated heterocycles. The summed E-state index contributed by atoms with van der Waals surface area (Å²) in [5.41, 5.74) is 1.55. The number of benzene rings is 1. The lowest BCUT2D eigenvalue weighted by molar-refractivity contribution is 0.410. The molecule has 0 aliphatic rings. The van der Waals surface area contributed by atoms with Crippen molar-refractivity contribution >= 4 is 16.6 Å². The van der Waals surface area contributed by atoms with Gasteiger partial charge in [-0.15, -0.1) is 0 Å². The Bertz CT molecular complexity index is 860. The fraction of sp³-hybridized carbons (Fsp3) is 0.200. The molecule has 0 aliphatic carbocycles. The third-order valence-electron chi connectivity index (χ3n) is 3.30. The Labute approximate surface area is 130 Å². The van der Waals surface area contributed by atoms with Gasteiger partial charge in [-0.1, -0.05) is 0 Å². The molecule has 0 aliphatic heterocycles. The number of hydrogen-bond acceptors (Lipinski definition) is 5. The molecule has 3 rings (SSSR count). The van der Waals surface area contributed by atoms with E-state index >= 15 is 0 Å². The zero-order chi connectivity index (χ0) is 15.7. The predicted octanol–water partition coefficient (Wildman–Crippen LogP) is 2.15. The molecule has 1 unspecified atom stereocenters.